The molecule has 0 saturated carbocycles. The summed E-state index contributed by atoms with van der Waals surface area (Å²) in [6.45, 7) is 3.11. The normalized spacial score (nSPS) is 11.3. The van der Waals surface area contributed by atoms with Crippen LogP contribution in [-0.4, -0.2) is 27.8 Å². The van der Waals surface area contributed by atoms with Gasteiger partial charge in [0.25, 0.3) is 0 Å². The Kier molecular flexibility index (Phi) is 6.86. The van der Waals surface area contributed by atoms with Gasteiger partial charge in [0.15, 0.2) is 11.8 Å². The molecule has 0 aliphatic rings. The largest absolute Gasteiger partial charge is 0.459 e. The minimum absolute atomic E-state index is 0. The molecule has 0 atom stereocenters. The van der Waals surface area contributed by atoms with Gasteiger partial charge in [0.1, 0.15) is 17.7 Å². The maximum absolute atomic E-state index is 5.95. The van der Waals surface area contributed by atoms with Crippen molar-refractivity contribution < 1.29 is 4.42 Å². The molecule has 0 fully saturated rings. The van der Waals surface area contributed by atoms with Gasteiger partial charge in [0.05, 0.1) is 13.1 Å². The van der Waals surface area contributed by atoms with Crippen LogP contribution in [-0.2, 0) is 13.1 Å². The molecule has 0 amide bonds. The summed E-state index contributed by atoms with van der Waals surface area (Å²) in [6.07, 6.45) is 1.71. The van der Waals surface area contributed by atoms with Crippen molar-refractivity contribution in [1.82, 2.24) is 25.4 Å². The van der Waals surface area contributed by atoms with E-state index in [2.05, 4.69) is 38.8 Å². The molecule has 2 heterocycles. The molecular weight excluding hydrogens is 479 g/mol. The van der Waals surface area contributed by atoms with Crippen molar-refractivity contribution in [2.45, 2.75) is 20.0 Å². The van der Waals surface area contributed by atoms with Gasteiger partial charge in [-0.25, -0.2) is 0 Å². The van der Waals surface area contributed by atoms with Gasteiger partial charge in [-0.3, -0.25) is 9.56 Å². The highest BCUT2D eigenvalue weighted by atomic mass is 127. The van der Waals surface area contributed by atoms with E-state index >= 15 is 0 Å². The highest BCUT2D eigenvalue weighted by molar-refractivity contribution is 14.0. The number of aromatic nitrogens is 3. The number of nitrogens with one attached hydrogen (secondary N) is 2. The molecule has 0 aliphatic heterocycles. The molecule has 0 bridgehead atoms. The van der Waals surface area contributed by atoms with Crippen LogP contribution in [0.4, 0.5) is 0 Å². The third-order valence-electron chi connectivity index (χ3n) is 4.65. The lowest BCUT2D eigenvalue weighted by Crippen LogP contribution is -2.37. The topological polar surface area (TPSA) is 80.3 Å². The van der Waals surface area contributed by atoms with E-state index in [0.717, 1.165) is 33.8 Å². The van der Waals surface area contributed by atoms with Crippen molar-refractivity contribution in [1.29, 1.82) is 0 Å². The Labute approximate surface area is 186 Å². The molecule has 0 saturated heterocycles. The average Bonchev–Trinajstić information content (AvgIpc) is 3.34. The van der Waals surface area contributed by atoms with E-state index in [4.69, 9.17) is 4.42 Å². The summed E-state index contributed by atoms with van der Waals surface area (Å²) < 4.78 is 7.90. The molecular formula is C21H23IN6O. The second-order valence-electron chi connectivity index (χ2n) is 6.38. The second-order valence-corrected chi connectivity index (χ2v) is 6.38. The van der Waals surface area contributed by atoms with E-state index in [0.29, 0.717) is 19.0 Å². The van der Waals surface area contributed by atoms with Crippen molar-refractivity contribution in [2.24, 2.45) is 4.99 Å². The number of fused-ring (bicyclic) bond motifs is 1. The lowest BCUT2D eigenvalue weighted by Gasteiger charge is -2.12. The lowest BCUT2D eigenvalue weighted by molar-refractivity contribution is 0.534. The van der Waals surface area contributed by atoms with E-state index in [-0.39, 0.29) is 24.0 Å². The average molecular weight is 502 g/mol. The van der Waals surface area contributed by atoms with Crippen molar-refractivity contribution in [2.75, 3.05) is 7.05 Å². The molecule has 8 heteroatoms. The van der Waals surface area contributed by atoms with Crippen LogP contribution < -0.4 is 10.6 Å². The summed E-state index contributed by atoms with van der Waals surface area (Å²) in [5.41, 5.74) is 3.06. The molecule has 7 nitrogen and oxygen atoms in total. The number of rotatable bonds is 5. The summed E-state index contributed by atoms with van der Waals surface area (Å²) in [4.78, 5) is 4.28. The number of aryl methyl sites for hydroxylation is 1. The number of para-hydroxylation sites is 2. The highest BCUT2D eigenvalue weighted by Crippen LogP contribution is 2.24. The first-order valence-electron chi connectivity index (χ1n) is 9.12. The van der Waals surface area contributed by atoms with Gasteiger partial charge >= 0.3 is 0 Å². The number of furan rings is 1. The third kappa shape index (κ3) is 4.58. The molecule has 2 N–H and O–H groups in total. The van der Waals surface area contributed by atoms with Crippen molar-refractivity contribution in [3.63, 3.8) is 0 Å². The Bertz CT molecular complexity index is 1100. The number of nitrogens with zero attached hydrogens (tertiary/aromatic N) is 4. The van der Waals surface area contributed by atoms with Gasteiger partial charge in [-0.15, -0.1) is 34.2 Å². The standard InChI is InChI=1S/C21H22N6O.HI/c1-15-17-10-6-7-11-18(17)28-19(15)12-23-21(22-2)24-13-20-26-25-14-27(20)16-8-4-3-5-9-16;/h3-11,14H,12-13H2,1-2H3,(H2,22,23,24);1H. The maximum atomic E-state index is 5.95. The number of hydrogen-bond donors (Lipinski definition) is 2. The number of halogens is 1. The molecule has 29 heavy (non-hydrogen) atoms. The summed E-state index contributed by atoms with van der Waals surface area (Å²) in [5, 5.41) is 16.0. The van der Waals surface area contributed by atoms with Crippen LogP contribution in [0.15, 0.2) is 70.3 Å². The molecule has 4 aromatic rings. The minimum Gasteiger partial charge on any atom is -0.459 e. The van der Waals surface area contributed by atoms with E-state index in [1.54, 1.807) is 13.4 Å². The molecule has 2 aromatic carbocycles. The van der Waals surface area contributed by atoms with Crippen molar-refractivity contribution >= 4 is 40.9 Å². The zero-order chi connectivity index (χ0) is 19.3. The SMILES string of the molecule is CN=C(NCc1oc2ccccc2c1C)NCc1nncn1-c1ccccc1.I. The van der Waals surface area contributed by atoms with E-state index in [9.17, 15) is 0 Å². The molecule has 2 aromatic heterocycles. The number of benzene rings is 2. The van der Waals surface area contributed by atoms with Crippen LogP contribution in [0.5, 0.6) is 0 Å². The molecule has 0 spiro atoms. The van der Waals surface area contributed by atoms with Crippen LogP contribution in [0.1, 0.15) is 17.1 Å². The van der Waals surface area contributed by atoms with Gasteiger partial charge in [0.2, 0.25) is 0 Å². The first kappa shape index (κ1) is 20.8. The summed E-state index contributed by atoms with van der Waals surface area (Å²) >= 11 is 0. The third-order valence-corrected chi connectivity index (χ3v) is 4.65. The molecule has 0 unspecified atom stereocenters. The number of hydrogen-bond acceptors (Lipinski definition) is 4. The molecule has 0 radical (unpaired) electrons. The van der Waals surface area contributed by atoms with Crippen molar-refractivity contribution in [3.05, 3.63) is 78.1 Å². The van der Waals surface area contributed by atoms with Gasteiger partial charge in [0, 0.05) is 23.7 Å². The maximum Gasteiger partial charge on any atom is 0.191 e. The Morgan fingerprint density at radius 1 is 1.03 bits per heavy atom. The van der Waals surface area contributed by atoms with Crippen LogP contribution in [0.3, 0.4) is 0 Å². The fourth-order valence-electron chi connectivity index (χ4n) is 3.12. The molecule has 0 aliphatic carbocycles. The van der Waals surface area contributed by atoms with Gasteiger partial charge in [-0.2, -0.15) is 0 Å². The van der Waals surface area contributed by atoms with Crippen LogP contribution >= 0.6 is 24.0 Å². The van der Waals surface area contributed by atoms with Crippen molar-refractivity contribution in [3.8, 4) is 5.69 Å². The zero-order valence-corrected chi connectivity index (χ0v) is 18.6. The number of guanidine groups is 1. The van der Waals surface area contributed by atoms with E-state index in [1.807, 2.05) is 53.1 Å². The van der Waals surface area contributed by atoms with Gasteiger partial charge in [-0.05, 0) is 25.1 Å². The highest BCUT2D eigenvalue weighted by Gasteiger charge is 2.11. The summed E-state index contributed by atoms with van der Waals surface area (Å²) in [7, 11) is 1.74. The first-order chi connectivity index (χ1) is 13.8. The second kappa shape index (κ2) is 9.55. The summed E-state index contributed by atoms with van der Waals surface area (Å²) in [5.74, 6) is 2.37. The number of aliphatic imine (C=N–C) groups is 1. The minimum atomic E-state index is 0. The molecule has 150 valence electrons. The van der Waals surface area contributed by atoms with Gasteiger partial charge < -0.3 is 15.1 Å². The smallest absolute Gasteiger partial charge is 0.191 e. The quantitative estimate of drug-likeness (QED) is 0.247. The molecule has 4 rings (SSSR count). The van der Waals surface area contributed by atoms with E-state index < -0.39 is 0 Å². The Morgan fingerprint density at radius 3 is 2.52 bits per heavy atom. The lowest BCUT2D eigenvalue weighted by atomic mass is 10.1. The predicted molar refractivity (Wildman–Crippen MR) is 125 cm³/mol. The Morgan fingerprint density at radius 2 is 1.76 bits per heavy atom. The fraction of sp³-hybridized carbons (Fsp3) is 0.190. The van der Waals surface area contributed by atoms with Crippen LogP contribution in [0.25, 0.3) is 16.7 Å². The van der Waals surface area contributed by atoms with Crippen LogP contribution in [0, 0.1) is 6.92 Å². The fourth-order valence-corrected chi connectivity index (χ4v) is 3.12. The zero-order valence-electron chi connectivity index (χ0n) is 16.3. The Hall–Kier alpha value is -2.88. The van der Waals surface area contributed by atoms with E-state index in [1.165, 1.54) is 0 Å². The first-order valence-corrected chi connectivity index (χ1v) is 9.12. The van der Waals surface area contributed by atoms with Gasteiger partial charge in [-0.1, -0.05) is 36.4 Å². The predicted octanol–water partition coefficient (Wildman–Crippen LogP) is 3.81. The summed E-state index contributed by atoms with van der Waals surface area (Å²) in [6, 6.07) is 18.0. The monoisotopic (exact) mass is 502 g/mol. The van der Waals surface area contributed by atoms with Crippen LogP contribution in [0.2, 0.25) is 0 Å². The Balaban J connectivity index is 0.00000240.